The molecule has 0 radical (unpaired) electrons. The van der Waals surface area contributed by atoms with Crippen molar-refractivity contribution in [3.05, 3.63) is 114 Å². The van der Waals surface area contributed by atoms with Crippen LogP contribution >= 0.6 is 0 Å². The Morgan fingerprint density at radius 3 is 1.86 bits per heavy atom. The predicted octanol–water partition coefficient (Wildman–Crippen LogP) is 6.26. The molecule has 42 heavy (non-hydrogen) atoms. The lowest BCUT2D eigenvalue weighted by molar-refractivity contribution is -0.400. The minimum Gasteiger partial charge on any atom is -0.497 e. The quantitative estimate of drug-likeness (QED) is 0.111. The largest absolute Gasteiger partial charge is 0.673 e. The van der Waals surface area contributed by atoms with E-state index >= 15 is 0 Å². The van der Waals surface area contributed by atoms with E-state index in [1.807, 2.05) is 61.5 Å². The fourth-order valence-corrected chi connectivity index (χ4v) is 3.96. The third-order valence-electron chi connectivity index (χ3n) is 5.96. The number of carbonyl (C=O) groups excluding carboxylic acids is 1. The molecule has 0 atom stereocenters. The van der Waals surface area contributed by atoms with Gasteiger partial charge in [-0.25, -0.2) is 9.79 Å². The van der Waals surface area contributed by atoms with Gasteiger partial charge in [0.2, 0.25) is 11.0 Å². The molecule has 4 aromatic carbocycles. The van der Waals surface area contributed by atoms with Gasteiger partial charge >= 0.3 is 13.2 Å². The lowest BCUT2D eigenvalue weighted by Crippen LogP contribution is -2.70. The molecule has 5 rings (SSSR count). The molecule has 216 valence electrons. The molecular weight excluding hydrogens is 553 g/mol. The number of ether oxygens (including phenoxy) is 3. The van der Waals surface area contributed by atoms with Gasteiger partial charge in [-0.2, -0.15) is 0 Å². The molecule has 0 bridgehead atoms. The van der Waals surface area contributed by atoms with Gasteiger partial charge in [-0.1, -0.05) is 11.6 Å². The summed E-state index contributed by atoms with van der Waals surface area (Å²) in [5.41, 5.74) is 4.13. The number of nitrogens with one attached hydrogen (secondary N) is 1. The van der Waals surface area contributed by atoms with Crippen LogP contribution in [-0.2, 0) is 0 Å². The topological polar surface area (TPSA) is 71.9 Å². The van der Waals surface area contributed by atoms with Crippen LogP contribution in [0.15, 0.2) is 101 Å². The third kappa shape index (κ3) is 8.23. The second-order valence-corrected chi connectivity index (χ2v) is 9.01. The highest BCUT2D eigenvalue weighted by Crippen LogP contribution is 2.24. The number of rotatable bonds is 6. The summed E-state index contributed by atoms with van der Waals surface area (Å²) in [7, 11) is -2.78. The van der Waals surface area contributed by atoms with E-state index < -0.39 is 13.2 Å². The van der Waals surface area contributed by atoms with Crippen molar-refractivity contribution in [2.45, 2.75) is 6.92 Å². The van der Waals surface area contributed by atoms with Crippen molar-refractivity contribution in [1.82, 2.24) is 0 Å². The van der Waals surface area contributed by atoms with Crippen molar-refractivity contribution in [3.63, 3.8) is 0 Å². The van der Waals surface area contributed by atoms with Crippen molar-refractivity contribution in [2.75, 3.05) is 14.2 Å². The number of carbonyl (C=O) groups is 1. The Balaban J connectivity index is 0.000000748. The van der Waals surface area contributed by atoms with Gasteiger partial charge in [0, 0.05) is 17.7 Å². The summed E-state index contributed by atoms with van der Waals surface area (Å²) in [6, 6.07) is 29.9. The number of aryl methyl sites for hydroxylation is 1. The smallest absolute Gasteiger partial charge is 0.497 e. The Kier molecular flexibility index (Phi) is 9.31. The number of fused-ring (bicyclic) bond motifs is 1. The summed E-state index contributed by atoms with van der Waals surface area (Å²) in [4.78, 5) is 16.0. The molecule has 0 aliphatic carbocycles. The highest BCUT2D eigenvalue weighted by Gasteiger charge is 2.20. The van der Waals surface area contributed by atoms with Crippen LogP contribution in [0.2, 0.25) is 0 Å². The number of esters is 1. The van der Waals surface area contributed by atoms with Crippen LogP contribution in [0, 0.1) is 6.92 Å². The van der Waals surface area contributed by atoms with E-state index in [1.54, 1.807) is 50.6 Å². The number of halogens is 4. The van der Waals surface area contributed by atoms with E-state index in [2.05, 4.69) is 11.1 Å². The van der Waals surface area contributed by atoms with E-state index in [1.165, 1.54) is 0 Å². The molecule has 0 aliphatic rings. The fourth-order valence-electron chi connectivity index (χ4n) is 3.96. The predicted molar refractivity (Wildman–Crippen MR) is 151 cm³/mol. The van der Waals surface area contributed by atoms with Crippen LogP contribution in [0.25, 0.3) is 22.3 Å². The summed E-state index contributed by atoms with van der Waals surface area (Å²) in [6.07, 6.45) is 0. The highest BCUT2D eigenvalue weighted by atomic mass is 19.5. The average Bonchev–Trinajstić information content (AvgIpc) is 2.97. The number of methoxy groups -OCH3 is 2. The Hall–Kier alpha value is -5.06. The zero-order valence-corrected chi connectivity index (χ0v) is 22.9. The molecule has 11 heteroatoms. The molecule has 0 fully saturated rings. The first kappa shape index (κ1) is 29.9. The van der Waals surface area contributed by atoms with Crippen LogP contribution in [0.5, 0.6) is 17.2 Å². The van der Waals surface area contributed by atoms with E-state index in [0.29, 0.717) is 17.1 Å². The van der Waals surface area contributed by atoms with Gasteiger partial charge in [-0.05, 0) is 79.7 Å². The van der Waals surface area contributed by atoms with Crippen LogP contribution in [0.3, 0.4) is 0 Å². The van der Waals surface area contributed by atoms with Crippen molar-refractivity contribution in [3.8, 4) is 28.6 Å². The van der Waals surface area contributed by atoms with Gasteiger partial charge in [-0.15, -0.1) is 0 Å². The Morgan fingerprint density at radius 2 is 1.29 bits per heavy atom. The zero-order chi connectivity index (χ0) is 30.3. The Labute approximate surface area is 238 Å². The van der Waals surface area contributed by atoms with Gasteiger partial charge in [0.15, 0.2) is 0 Å². The maximum atomic E-state index is 12.5. The lowest BCUT2D eigenvalue weighted by Gasteiger charge is -2.06. The minimum atomic E-state index is -6.00. The van der Waals surface area contributed by atoms with Crippen LogP contribution in [0.1, 0.15) is 15.9 Å². The minimum absolute atomic E-state index is 0.432. The molecule has 0 saturated heterocycles. The SMILES string of the molecule is COc1ccc(C(=O)Oc2ccc([NH+]=c3cc(-c4ccc(OC)cc4)oc4ccc(C)cc34)cc2)cc1.F[B-](F)(F)F. The van der Waals surface area contributed by atoms with Gasteiger partial charge in [0.05, 0.1) is 31.2 Å². The van der Waals surface area contributed by atoms with Crippen LogP contribution in [0.4, 0.5) is 23.0 Å². The molecule has 5 aromatic rings. The molecular formula is C31H26BF4NO5. The average molecular weight is 579 g/mol. The monoisotopic (exact) mass is 579 g/mol. The second kappa shape index (κ2) is 13.1. The van der Waals surface area contributed by atoms with Gasteiger partial charge in [0.1, 0.15) is 28.6 Å². The summed E-state index contributed by atoms with van der Waals surface area (Å²) in [5, 5.41) is 1.87. The van der Waals surface area contributed by atoms with Crippen molar-refractivity contribution in [2.24, 2.45) is 0 Å². The van der Waals surface area contributed by atoms with E-state index in [0.717, 1.165) is 44.7 Å². The molecule has 0 spiro atoms. The summed E-state index contributed by atoms with van der Waals surface area (Å²) >= 11 is 0. The van der Waals surface area contributed by atoms with Gasteiger partial charge < -0.3 is 35.9 Å². The molecule has 0 unspecified atom stereocenters. The van der Waals surface area contributed by atoms with Crippen molar-refractivity contribution in [1.29, 1.82) is 0 Å². The molecule has 0 aliphatic heterocycles. The molecule has 1 N–H and O–H groups in total. The lowest BCUT2D eigenvalue weighted by atomic mass is 10.1. The summed E-state index contributed by atoms with van der Waals surface area (Å²) in [5.74, 6) is 2.21. The first-order valence-corrected chi connectivity index (χ1v) is 12.6. The molecule has 0 amide bonds. The summed E-state index contributed by atoms with van der Waals surface area (Å²) < 4.78 is 61.2. The van der Waals surface area contributed by atoms with Gasteiger partial charge in [0.25, 0.3) is 0 Å². The van der Waals surface area contributed by atoms with Crippen LogP contribution in [-0.4, -0.2) is 27.4 Å². The normalized spacial score (nSPS) is 11.5. The Bertz CT molecular complexity index is 1730. The number of benzene rings is 4. The Morgan fingerprint density at radius 1 is 0.738 bits per heavy atom. The molecule has 6 nitrogen and oxygen atoms in total. The first-order valence-electron chi connectivity index (χ1n) is 12.6. The summed E-state index contributed by atoms with van der Waals surface area (Å²) in [6.45, 7) is 2.05. The third-order valence-corrected chi connectivity index (χ3v) is 5.96. The standard InChI is InChI=1S/C31H25NO5.BF4/c1-20-4-17-29-27(18-20)28(19-30(37-29)21-5-11-24(34-2)12-6-21)32-23-9-15-26(16-10-23)36-31(33)22-7-13-25(35-3)14-8-22;2-1(3,4)5/h4-19H,1-3H3;/q;-1/p+1. The van der Waals surface area contributed by atoms with E-state index in [9.17, 15) is 22.1 Å². The van der Waals surface area contributed by atoms with Crippen LogP contribution < -0.4 is 24.6 Å². The molecule has 1 heterocycles. The van der Waals surface area contributed by atoms with E-state index in [4.69, 9.17) is 18.6 Å². The number of hydrogen-bond donors (Lipinski definition) is 1. The maximum absolute atomic E-state index is 12.5. The van der Waals surface area contributed by atoms with Crippen molar-refractivity contribution >= 4 is 29.9 Å². The molecule has 0 saturated carbocycles. The van der Waals surface area contributed by atoms with Crippen molar-refractivity contribution < 1.29 is 45.7 Å². The fraction of sp³-hybridized carbons (Fsp3) is 0.0968. The van der Waals surface area contributed by atoms with E-state index in [-0.39, 0.29) is 0 Å². The maximum Gasteiger partial charge on any atom is 0.673 e. The first-order chi connectivity index (χ1) is 20.0. The molecule has 1 aromatic heterocycles. The number of hydrogen-bond acceptors (Lipinski definition) is 5. The zero-order valence-electron chi connectivity index (χ0n) is 22.9. The highest BCUT2D eigenvalue weighted by molar-refractivity contribution is 6.50. The second-order valence-electron chi connectivity index (χ2n) is 9.01. The van der Waals surface area contributed by atoms with Gasteiger partial charge in [-0.3, -0.25) is 0 Å².